The summed E-state index contributed by atoms with van der Waals surface area (Å²) in [5, 5.41) is 0. The lowest BCUT2D eigenvalue weighted by molar-refractivity contribution is -0.255. The van der Waals surface area contributed by atoms with E-state index < -0.39 is 0 Å². The van der Waals surface area contributed by atoms with Crippen molar-refractivity contribution in [1.82, 2.24) is 0 Å². The summed E-state index contributed by atoms with van der Waals surface area (Å²) in [4.78, 5) is 10.6. The molecule has 0 aliphatic carbocycles. The van der Waals surface area contributed by atoms with Crippen molar-refractivity contribution < 1.29 is 9.78 Å². The van der Waals surface area contributed by atoms with E-state index in [1.54, 1.807) is 0 Å². The van der Waals surface area contributed by atoms with Crippen molar-refractivity contribution in [2.24, 2.45) is 5.92 Å². The molecular weight excluding hydrogens is 176 g/mol. The first kappa shape index (κ1) is 11.1. The minimum atomic E-state index is 0.162. The molecule has 0 saturated carbocycles. The zero-order valence-electron chi connectivity index (χ0n) is 9.07. The van der Waals surface area contributed by atoms with Crippen molar-refractivity contribution in [3.05, 3.63) is 30.3 Å². The van der Waals surface area contributed by atoms with Crippen LogP contribution in [0, 0.1) is 5.92 Å². The van der Waals surface area contributed by atoms with Gasteiger partial charge in [-0.15, -0.1) is 0 Å². The van der Waals surface area contributed by atoms with E-state index in [0.29, 0.717) is 5.92 Å². The number of hydrogen-bond donors (Lipinski definition) is 0. The lowest BCUT2D eigenvalue weighted by Gasteiger charge is -2.18. The second-order valence-electron chi connectivity index (χ2n) is 3.68. The normalized spacial score (nSPS) is 12.9. The monoisotopic (exact) mass is 194 g/mol. The van der Waals surface area contributed by atoms with E-state index in [9.17, 15) is 0 Å². The Hall–Kier alpha value is -1.02. The van der Waals surface area contributed by atoms with Crippen LogP contribution in [0.3, 0.4) is 0 Å². The summed E-state index contributed by atoms with van der Waals surface area (Å²) < 4.78 is 0. The third-order valence-electron chi connectivity index (χ3n) is 2.16. The molecule has 1 unspecified atom stereocenters. The van der Waals surface area contributed by atoms with Crippen LogP contribution in [-0.4, -0.2) is 6.10 Å². The molecule has 0 radical (unpaired) electrons. The Kier molecular flexibility index (Phi) is 4.47. The van der Waals surface area contributed by atoms with Crippen LogP contribution in [0.1, 0.15) is 27.2 Å². The topological polar surface area (TPSA) is 18.5 Å². The van der Waals surface area contributed by atoms with Crippen LogP contribution in [0.5, 0.6) is 5.75 Å². The number of para-hydroxylation sites is 1. The standard InChI is InChI=1S/C12H18O2/c1-4-12(10(2)3)14-13-11-8-6-5-7-9-11/h5-10,12H,4H2,1-3H3. The summed E-state index contributed by atoms with van der Waals surface area (Å²) >= 11 is 0. The van der Waals surface area contributed by atoms with Gasteiger partial charge in [0, 0.05) is 0 Å². The highest BCUT2D eigenvalue weighted by atomic mass is 17.2. The van der Waals surface area contributed by atoms with Gasteiger partial charge in [-0.3, -0.25) is 0 Å². The third-order valence-corrected chi connectivity index (χ3v) is 2.16. The molecule has 0 aromatic heterocycles. The first-order chi connectivity index (χ1) is 6.74. The van der Waals surface area contributed by atoms with Gasteiger partial charge < -0.3 is 4.89 Å². The predicted octanol–water partition coefficient (Wildman–Crippen LogP) is 3.43. The van der Waals surface area contributed by atoms with Crippen molar-refractivity contribution >= 4 is 0 Å². The SMILES string of the molecule is CCC(OOc1ccccc1)C(C)C. The van der Waals surface area contributed by atoms with Gasteiger partial charge >= 0.3 is 0 Å². The second-order valence-corrected chi connectivity index (χ2v) is 3.68. The van der Waals surface area contributed by atoms with Crippen LogP contribution in [-0.2, 0) is 4.89 Å². The Bertz CT molecular complexity index is 244. The molecule has 2 nitrogen and oxygen atoms in total. The average molecular weight is 194 g/mol. The Labute approximate surface area is 85.8 Å². The minimum Gasteiger partial charge on any atom is -0.337 e. The second kappa shape index (κ2) is 5.66. The van der Waals surface area contributed by atoms with Crippen LogP contribution in [0.2, 0.25) is 0 Å². The van der Waals surface area contributed by atoms with E-state index in [2.05, 4.69) is 20.8 Å². The minimum absolute atomic E-state index is 0.162. The van der Waals surface area contributed by atoms with Gasteiger partial charge in [-0.1, -0.05) is 39.0 Å². The van der Waals surface area contributed by atoms with E-state index in [-0.39, 0.29) is 6.10 Å². The zero-order chi connectivity index (χ0) is 10.4. The maximum Gasteiger partial charge on any atom is 0.165 e. The highest BCUT2D eigenvalue weighted by molar-refractivity contribution is 5.20. The van der Waals surface area contributed by atoms with Crippen molar-refractivity contribution in [3.8, 4) is 5.75 Å². The molecule has 14 heavy (non-hydrogen) atoms. The summed E-state index contributed by atoms with van der Waals surface area (Å²) in [6.45, 7) is 6.35. The lowest BCUT2D eigenvalue weighted by atomic mass is 10.1. The highest BCUT2D eigenvalue weighted by Gasteiger charge is 2.12. The quantitative estimate of drug-likeness (QED) is 0.528. The predicted molar refractivity (Wildman–Crippen MR) is 57.1 cm³/mol. The van der Waals surface area contributed by atoms with E-state index in [1.807, 2.05) is 30.3 Å². The molecule has 1 rings (SSSR count). The van der Waals surface area contributed by atoms with Gasteiger partial charge in [0.15, 0.2) is 5.75 Å². The molecule has 0 amide bonds. The van der Waals surface area contributed by atoms with Gasteiger partial charge in [0.25, 0.3) is 0 Å². The fourth-order valence-corrected chi connectivity index (χ4v) is 1.24. The molecule has 0 saturated heterocycles. The Balaban J connectivity index is 2.40. The molecule has 0 heterocycles. The first-order valence-electron chi connectivity index (χ1n) is 5.12. The molecule has 78 valence electrons. The summed E-state index contributed by atoms with van der Waals surface area (Å²) in [5.41, 5.74) is 0. The van der Waals surface area contributed by atoms with Crippen molar-refractivity contribution in [3.63, 3.8) is 0 Å². The molecule has 0 spiro atoms. The van der Waals surface area contributed by atoms with Gasteiger partial charge in [-0.2, -0.15) is 4.89 Å². The molecule has 0 N–H and O–H groups in total. The smallest absolute Gasteiger partial charge is 0.165 e. The maximum atomic E-state index is 5.34. The fraction of sp³-hybridized carbons (Fsp3) is 0.500. The van der Waals surface area contributed by atoms with E-state index in [0.717, 1.165) is 12.2 Å². The van der Waals surface area contributed by atoms with Crippen molar-refractivity contribution in [2.45, 2.75) is 33.3 Å². The van der Waals surface area contributed by atoms with Gasteiger partial charge in [-0.25, -0.2) is 0 Å². The summed E-state index contributed by atoms with van der Waals surface area (Å²) in [5.74, 6) is 1.23. The summed E-state index contributed by atoms with van der Waals surface area (Å²) in [6, 6.07) is 9.57. The number of benzene rings is 1. The van der Waals surface area contributed by atoms with E-state index in [4.69, 9.17) is 9.78 Å². The number of rotatable bonds is 5. The van der Waals surface area contributed by atoms with Crippen LogP contribution in [0.15, 0.2) is 30.3 Å². The summed E-state index contributed by atoms with van der Waals surface area (Å²) in [6.07, 6.45) is 1.13. The van der Waals surface area contributed by atoms with Crippen LogP contribution in [0.4, 0.5) is 0 Å². The molecule has 0 aliphatic heterocycles. The van der Waals surface area contributed by atoms with Gasteiger partial charge in [0.1, 0.15) is 6.10 Å². The Morgan fingerprint density at radius 2 is 1.79 bits per heavy atom. The van der Waals surface area contributed by atoms with E-state index in [1.165, 1.54) is 0 Å². The van der Waals surface area contributed by atoms with Crippen molar-refractivity contribution in [1.29, 1.82) is 0 Å². The van der Waals surface area contributed by atoms with Gasteiger partial charge in [0.05, 0.1) is 0 Å². The molecule has 1 atom stereocenters. The highest BCUT2D eigenvalue weighted by Crippen LogP contribution is 2.14. The fourth-order valence-electron chi connectivity index (χ4n) is 1.24. The lowest BCUT2D eigenvalue weighted by Crippen LogP contribution is -2.20. The molecular formula is C12H18O2. The average Bonchev–Trinajstić information content (AvgIpc) is 2.20. The molecule has 1 aromatic carbocycles. The Morgan fingerprint density at radius 1 is 1.14 bits per heavy atom. The maximum absolute atomic E-state index is 5.34. The Morgan fingerprint density at radius 3 is 2.29 bits per heavy atom. The molecule has 0 fully saturated rings. The zero-order valence-corrected chi connectivity index (χ0v) is 9.07. The largest absolute Gasteiger partial charge is 0.337 e. The van der Waals surface area contributed by atoms with Crippen LogP contribution < -0.4 is 4.89 Å². The van der Waals surface area contributed by atoms with Crippen LogP contribution in [0.25, 0.3) is 0 Å². The number of hydrogen-bond acceptors (Lipinski definition) is 2. The molecule has 2 heteroatoms. The van der Waals surface area contributed by atoms with Gasteiger partial charge in [0.2, 0.25) is 0 Å². The summed E-state index contributed by atoms with van der Waals surface area (Å²) in [7, 11) is 0. The molecule has 0 aliphatic rings. The van der Waals surface area contributed by atoms with Crippen LogP contribution >= 0.6 is 0 Å². The van der Waals surface area contributed by atoms with Gasteiger partial charge in [-0.05, 0) is 24.5 Å². The van der Waals surface area contributed by atoms with E-state index >= 15 is 0 Å². The third kappa shape index (κ3) is 3.38. The first-order valence-corrected chi connectivity index (χ1v) is 5.12. The van der Waals surface area contributed by atoms with Crippen molar-refractivity contribution in [2.75, 3.05) is 0 Å². The molecule has 0 bridgehead atoms. The molecule has 1 aromatic rings.